The average molecular weight is 499 g/mol. The van der Waals surface area contributed by atoms with Crippen LogP contribution >= 0.6 is 23.1 Å². The van der Waals surface area contributed by atoms with Crippen LogP contribution in [0.15, 0.2) is 35.5 Å². The number of nitrogens with zero attached hydrogens (tertiary/aromatic N) is 3. The zero-order valence-electron chi connectivity index (χ0n) is 19.8. The van der Waals surface area contributed by atoms with E-state index in [4.69, 9.17) is 4.74 Å². The van der Waals surface area contributed by atoms with Gasteiger partial charge in [0.15, 0.2) is 5.16 Å². The number of thiophene rings is 1. The molecule has 1 amide bonds. The van der Waals surface area contributed by atoms with Crippen molar-refractivity contribution >= 4 is 40.0 Å². The maximum absolute atomic E-state index is 12.8. The minimum Gasteiger partial charge on any atom is -0.462 e. The highest BCUT2D eigenvalue weighted by Gasteiger charge is 2.29. The Morgan fingerprint density at radius 2 is 2.03 bits per heavy atom. The number of fused-ring (bicyclic) bond motifs is 1. The lowest BCUT2D eigenvalue weighted by Crippen LogP contribution is -2.18. The second-order valence-corrected chi connectivity index (χ2v) is 10.6. The molecule has 1 aliphatic carbocycles. The van der Waals surface area contributed by atoms with Gasteiger partial charge in [-0.25, -0.2) is 4.79 Å². The van der Waals surface area contributed by atoms with Crippen LogP contribution in [0.5, 0.6) is 0 Å². The molecule has 4 rings (SSSR count). The molecule has 0 bridgehead atoms. The third-order valence-electron chi connectivity index (χ3n) is 5.98. The number of aromatic nitrogens is 3. The molecule has 2 heterocycles. The average Bonchev–Trinajstić information content (AvgIpc) is 3.36. The number of carbonyl (C=O) groups is 2. The summed E-state index contributed by atoms with van der Waals surface area (Å²) in [4.78, 5) is 26.6. The van der Waals surface area contributed by atoms with Gasteiger partial charge in [-0.05, 0) is 49.7 Å². The number of carbonyl (C=O) groups excluding carboxylic acids is 2. The van der Waals surface area contributed by atoms with Gasteiger partial charge in [0.25, 0.3) is 0 Å². The largest absolute Gasteiger partial charge is 0.462 e. The summed E-state index contributed by atoms with van der Waals surface area (Å²) >= 11 is 2.85. The maximum atomic E-state index is 12.8. The second kappa shape index (κ2) is 11.2. The topological polar surface area (TPSA) is 86.1 Å². The zero-order valence-corrected chi connectivity index (χ0v) is 21.4. The monoisotopic (exact) mass is 498 g/mol. The molecule has 1 aromatic carbocycles. The number of nitrogens with one attached hydrogen (secondary N) is 1. The number of ether oxygens (including phenoxy) is 1. The summed E-state index contributed by atoms with van der Waals surface area (Å²) < 4.78 is 7.23. The fourth-order valence-corrected chi connectivity index (χ4v) is 6.29. The van der Waals surface area contributed by atoms with E-state index in [0.29, 0.717) is 28.2 Å². The first-order valence-electron chi connectivity index (χ1n) is 11.6. The number of hydrogen-bond donors (Lipinski definition) is 1. The molecule has 0 saturated heterocycles. The number of amides is 1. The SMILES string of the molecule is CCOC(=O)c1c(NC(=O)CSc2nnc(CCc3ccccc3)n2C)sc2c1CCC(C)C2. The Morgan fingerprint density at radius 3 is 2.79 bits per heavy atom. The quantitative estimate of drug-likeness (QED) is 0.340. The lowest BCUT2D eigenvalue weighted by molar-refractivity contribution is -0.113. The van der Waals surface area contributed by atoms with Crippen LogP contribution in [0.2, 0.25) is 0 Å². The number of aryl methyl sites for hydroxylation is 2. The normalized spacial score (nSPS) is 15.1. The highest BCUT2D eigenvalue weighted by atomic mass is 32.2. The van der Waals surface area contributed by atoms with Crippen LogP contribution in [-0.2, 0) is 42.3 Å². The van der Waals surface area contributed by atoms with Gasteiger partial charge >= 0.3 is 5.97 Å². The number of rotatable bonds is 9. The van der Waals surface area contributed by atoms with Crippen LogP contribution in [0.4, 0.5) is 5.00 Å². The molecule has 0 radical (unpaired) electrons. The summed E-state index contributed by atoms with van der Waals surface area (Å²) in [5.74, 6) is 1.12. The Balaban J connectivity index is 1.39. The number of anilines is 1. The van der Waals surface area contributed by atoms with Gasteiger partial charge in [-0.2, -0.15) is 0 Å². The predicted molar refractivity (Wildman–Crippen MR) is 136 cm³/mol. The molecule has 34 heavy (non-hydrogen) atoms. The van der Waals surface area contributed by atoms with Crippen LogP contribution < -0.4 is 5.32 Å². The minimum atomic E-state index is -0.353. The molecule has 3 aromatic rings. The summed E-state index contributed by atoms with van der Waals surface area (Å²) in [5.41, 5.74) is 2.83. The summed E-state index contributed by atoms with van der Waals surface area (Å²) in [6.45, 7) is 4.32. The molecular formula is C25H30N4O3S2. The van der Waals surface area contributed by atoms with E-state index in [1.807, 2.05) is 29.8 Å². The first-order valence-corrected chi connectivity index (χ1v) is 13.4. The van der Waals surface area contributed by atoms with Gasteiger partial charge in [-0.3, -0.25) is 4.79 Å². The fraction of sp³-hybridized carbons (Fsp3) is 0.440. The number of esters is 1. The molecule has 0 aliphatic heterocycles. The Bertz CT molecular complexity index is 1160. The minimum absolute atomic E-state index is 0.170. The third kappa shape index (κ3) is 5.70. The van der Waals surface area contributed by atoms with Crippen LogP contribution in [0.25, 0.3) is 0 Å². The van der Waals surface area contributed by atoms with Gasteiger partial charge in [-0.15, -0.1) is 21.5 Å². The van der Waals surface area contributed by atoms with Crippen molar-refractivity contribution in [2.24, 2.45) is 13.0 Å². The van der Waals surface area contributed by atoms with E-state index < -0.39 is 0 Å². The summed E-state index contributed by atoms with van der Waals surface area (Å²) in [6, 6.07) is 10.3. The van der Waals surface area contributed by atoms with E-state index in [9.17, 15) is 9.59 Å². The van der Waals surface area contributed by atoms with Crippen molar-refractivity contribution < 1.29 is 14.3 Å². The Labute approximate surface area is 208 Å². The second-order valence-electron chi connectivity index (χ2n) is 8.56. The van der Waals surface area contributed by atoms with Crippen molar-refractivity contribution in [1.82, 2.24) is 14.8 Å². The van der Waals surface area contributed by atoms with Crippen molar-refractivity contribution in [3.63, 3.8) is 0 Å². The van der Waals surface area contributed by atoms with Gasteiger partial charge in [0, 0.05) is 18.3 Å². The molecule has 7 nitrogen and oxygen atoms in total. The maximum Gasteiger partial charge on any atom is 0.341 e. The lowest BCUT2D eigenvalue weighted by atomic mass is 9.88. The van der Waals surface area contributed by atoms with Gasteiger partial charge < -0.3 is 14.6 Å². The molecule has 180 valence electrons. The summed E-state index contributed by atoms with van der Waals surface area (Å²) in [5, 5.41) is 12.8. The standard InChI is InChI=1S/C25H30N4O3S2/c1-4-32-24(31)22-18-12-10-16(2)14-19(18)34-23(22)26-21(30)15-33-25-28-27-20(29(25)3)13-11-17-8-6-5-7-9-17/h5-9,16H,4,10-15H2,1-3H3,(H,26,30). The molecule has 1 atom stereocenters. The molecule has 1 aliphatic rings. The predicted octanol–water partition coefficient (Wildman–Crippen LogP) is 4.69. The number of benzene rings is 1. The van der Waals surface area contributed by atoms with E-state index in [2.05, 4.69) is 34.6 Å². The summed E-state index contributed by atoms with van der Waals surface area (Å²) in [7, 11) is 1.92. The highest BCUT2D eigenvalue weighted by Crippen LogP contribution is 2.40. The smallest absolute Gasteiger partial charge is 0.341 e. The van der Waals surface area contributed by atoms with Crippen molar-refractivity contribution in [2.75, 3.05) is 17.7 Å². The van der Waals surface area contributed by atoms with Gasteiger partial charge in [0.2, 0.25) is 5.91 Å². The number of thioether (sulfide) groups is 1. The molecule has 0 fully saturated rings. The molecule has 1 N–H and O–H groups in total. The molecule has 0 spiro atoms. The first kappa shape index (κ1) is 24.5. The Kier molecular flexibility index (Phi) is 8.05. The molecule has 2 aromatic heterocycles. The van der Waals surface area contributed by atoms with E-state index in [1.165, 1.54) is 33.5 Å². The van der Waals surface area contributed by atoms with Crippen LogP contribution in [0.3, 0.4) is 0 Å². The Hall–Kier alpha value is -2.65. The van der Waals surface area contributed by atoms with Crippen molar-refractivity contribution in [1.29, 1.82) is 0 Å². The number of hydrogen-bond acceptors (Lipinski definition) is 7. The molecule has 1 unspecified atom stereocenters. The zero-order chi connectivity index (χ0) is 24.1. The van der Waals surface area contributed by atoms with Crippen LogP contribution in [0.1, 0.15) is 52.5 Å². The van der Waals surface area contributed by atoms with E-state index >= 15 is 0 Å². The van der Waals surface area contributed by atoms with E-state index in [1.54, 1.807) is 6.92 Å². The molecular weight excluding hydrogens is 468 g/mol. The van der Waals surface area contributed by atoms with Crippen molar-refractivity contribution in [3.05, 3.63) is 57.7 Å². The fourth-order valence-electron chi connectivity index (χ4n) is 4.14. The summed E-state index contributed by atoms with van der Waals surface area (Å²) in [6.07, 6.45) is 4.48. The van der Waals surface area contributed by atoms with Crippen LogP contribution in [0, 0.1) is 5.92 Å². The third-order valence-corrected chi connectivity index (χ3v) is 8.17. The highest BCUT2D eigenvalue weighted by molar-refractivity contribution is 7.99. The molecule has 0 saturated carbocycles. The van der Waals surface area contributed by atoms with E-state index in [0.717, 1.165) is 43.5 Å². The van der Waals surface area contributed by atoms with Gasteiger partial charge in [0.1, 0.15) is 10.8 Å². The van der Waals surface area contributed by atoms with E-state index in [-0.39, 0.29) is 17.6 Å². The lowest BCUT2D eigenvalue weighted by Gasteiger charge is -2.18. The Morgan fingerprint density at radius 1 is 1.24 bits per heavy atom. The van der Waals surface area contributed by atoms with Crippen LogP contribution in [-0.4, -0.2) is 39.0 Å². The van der Waals surface area contributed by atoms with Crippen molar-refractivity contribution in [3.8, 4) is 0 Å². The van der Waals surface area contributed by atoms with Gasteiger partial charge in [0.05, 0.1) is 17.9 Å². The van der Waals surface area contributed by atoms with Crippen molar-refractivity contribution in [2.45, 2.75) is 51.1 Å². The molecule has 9 heteroatoms. The van der Waals surface area contributed by atoms with Gasteiger partial charge in [-0.1, -0.05) is 49.0 Å². The first-order chi connectivity index (χ1) is 16.5.